The first-order valence-corrected chi connectivity index (χ1v) is 2.42. The zero-order valence-corrected chi connectivity index (χ0v) is 4.57. The molecule has 0 aliphatic heterocycles. The van der Waals surface area contributed by atoms with Gasteiger partial charge in [0.05, 0.1) is 6.07 Å². The first-order valence-electron chi connectivity index (χ1n) is 2.42. The zero-order chi connectivity index (χ0) is 6.69. The van der Waals surface area contributed by atoms with E-state index in [0.717, 1.165) is 0 Å². The van der Waals surface area contributed by atoms with Crippen molar-refractivity contribution in [3.63, 3.8) is 0 Å². The minimum Gasteiger partial charge on any atom is -0.253 e. The lowest BCUT2D eigenvalue weighted by atomic mass is 10.5. The molecule has 1 aromatic heterocycles. The Balaban J connectivity index is 2.98. The van der Waals surface area contributed by atoms with Crippen molar-refractivity contribution in [2.24, 2.45) is 0 Å². The summed E-state index contributed by atoms with van der Waals surface area (Å²) < 4.78 is 0. The highest BCUT2D eigenvalue weighted by Crippen LogP contribution is 1.96. The van der Waals surface area contributed by atoms with Gasteiger partial charge in [-0.2, -0.15) is 4.98 Å². The van der Waals surface area contributed by atoms with Crippen molar-refractivity contribution in [2.45, 2.75) is 0 Å². The summed E-state index contributed by atoms with van der Waals surface area (Å²) in [5, 5.41) is 9.98. The number of aromatic nitrogens is 1. The number of nitrogens with one attached hydrogen (secondary N) is 1. The predicted molar refractivity (Wildman–Crippen MR) is 29.7 cm³/mol. The summed E-state index contributed by atoms with van der Waals surface area (Å²) in [5.74, 6) is 0.0116. The van der Waals surface area contributed by atoms with Gasteiger partial charge >= 0.3 is 5.82 Å². The van der Waals surface area contributed by atoms with Gasteiger partial charge < -0.3 is 0 Å². The van der Waals surface area contributed by atoms with Crippen LogP contribution in [0, 0.1) is 10.1 Å². The van der Waals surface area contributed by atoms with Gasteiger partial charge in [0.25, 0.3) is 0 Å². The van der Waals surface area contributed by atoms with Crippen LogP contribution in [-0.4, -0.2) is 4.92 Å². The largest absolute Gasteiger partial charge is 0.499 e. The SMILES string of the molecule is O=[N+]([O-])c1cccc[nH+]1. The molecule has 0 saturated carbocycles. The third kappa shape index (κ3) is 1.22. The molecule has 9 heavy (non-hydrogen) atoms. The van der Waals surface area contributed by atoms with Gasteiger partial charge in [-0.05, 0) is 6.07 Å². The van der Waals surface area contributed by atoms with Crippen LogP contribution in [-0.2, 0) is 0 Å². The standard InChI is InChI=1S/C5H4N2O2/c8-7(9)5-3-1-2-4-6-5/h1-4H/p+1. The lowest BCUT2D eigenvalue weighted by molar-refractivity contribution is -0.527. The van der Waals surface area contributed by atoms with Gasteiger partial charge in [-0.15, -0.1) is 0 Å². The molecule has 0 fully saturated rings. The minimum atomic E-state index is -0.472. The molecule has 0 spiro atoms. The summed E-state index contributed by atoms with van der Waals surface area (Å²) >= 11 is 0. The van der Waals surface area contributed by atoms with Gasteiger partial charge in [0, 0.05) is 6.07 Å². The molecule has 1 rings (SSSR count). The average Bonchev–Trinajstić information content (AvgIpc) is 1.90. The fourth-order valence-electron chi connectivity index (χ4n) is 0.497. The maximum atomic E-state index is 9.98. The highest BCUT2D eigenvalue weighted by atomic mass is 16.6. The number of aromatic amines is 1. The van der Waals surface area contributed by atoms with E-state index in [1.54, 1.807) is 12.1 Å². The lowest BCUT2D eigenvalue weighted by Gasteiger charge is -1.77. The predicted octanol–water partition coefficient (Wildman–Crippen LogP) is 0.409. The first kappa shape index (κ1) is 5.68. The fraction of sp³-hybridized carbons (Fsp3) is 0. The van der Waals surface area contributed by atoms with Crippen LogP contribution < -0.4 is 4.98 Å². The van der Waals surface area contributed by atoms with Crippen molar-refractivity contribution in [1.82, 2.24) is 0 Å². The highest BCUT2D eigenvalue weighted by molar-refractivity contribution is 5.08. The molecule has 0 atom stereocenters. The molecule has 1 heterocycles. The van der Waals surface area contributed by atoms with E-state index < -0.39 is 4.92 Å². The Labute approximate surface area is 51.3 Å². The molecule has 4 heteroatoms. The number of hydrogen-bond acceptors (Lipinski definition) is 2. The molecule has 0 aromatic carbocycles. The maximum Gasteiger partial charge on any atom is 0.499 e. The van der Waals surface area contributed by atoms with Crippen molar-refractivity contribution < 1.29 is 9.91 Å². The molecule has 0 bridgehead atoms. The van der Waals surface area contributed by atoms with Gasteiger partial charge in [-0.1, -0.05) is 0 Å². The smallest absolute Gasteiger partial charge is 0.253 e. The van der Waals surface area contributed by atoms with Crippen LogP contribution in [0.5, 0.6) is 0 Å². The molecule has 1 aromatic rings. The van der Waals surface area contributed by atoms with Gasteiger partial charge in [-0.25, -0.2) is 0 Å². The molecule has 0 aliphatic carbocycles. The molecular weight excluding hydrogens is 120 g/mol. The molecule has 0 amide bonds. The van der Waals surface area contributed by atoms with Crippen molar-refractivity contribution >= 4 is 5.82 Å². The number of H-pyrrole nitrogens is 1. The second-order valence-corrected chi connectivity index (χ2v) is 1.50. The van der Waals surface area contributed by atoms with Crippen LogP contribution >= 0.6 is 0 Å². The zero-order valence-electron chi connectivity index (χ0n) is 4.57. The van der Waals surface area contributed by atoms with Crippen molar-refractivity contribution in [1.29, 1.82) is 0 Å². The molecule has 46 valence electrons. The molecule has 0 radical (unpaired) electrons. The third-order valence-electron chi connectivity index (χ3n) is 0.889. The van der Waals surface area contributed by atoms with E-state index >= 15 is 0 Å². The summed E-state index contributed by atoms with van der Waals surface area (Å²) in [6.07, 6.45) is 1.51. The Kier molecular flexibility index (Phi) is 1.40. The Morgan fingerprint density at radius 1 is 1.56 bits per heavy atom. The van der Waals surface area contributed by atoms with E-state index in [0.29, 0.717) is 0 Å². The minimum absolute atomic E-state index is 0.0116. The number of rotatable bonds is 1. The summed E-state index contributed by atoms with van der Waals surface area (Å²) in [7, 11) is 0. The van der Waals surface area contributed by atoms with Crippen molar-refractivity contribution in [3.8, 4) is 0 Å². The van der Waals surface area contributed by atoms with Crippen LogP contribution in [0.3, 0.4) is 0 Å². The second-order valence-electron chi connectivity index (χ2n) is 1.50. The van der Waals surface area contributed by atoms with Gasteiger partial charge in [-0.3, -0.25) is 10.1 Å². The van der Waals surface area contributed by atoms with Crippen molar-refractivity contribution in [3.05, 3.63) is 34.5 Å². The molecule has 0 unspecified atom stereocenters. The maximum absolute atomic E-state index is 9.98. The van der Waals surface area contributed by atoms with Crippen LogP contribution in [0.1, 0.15) is 0 Å². The molecule has 4 nitrogen and oxygen atoms in total. The van der Waals surface area contributed by atoms with Gasteiger partial charge in [0.1, 0.15) is 4.92 Å². The van der Waals surface area contributed by atoms with E-state index in [9.17, 15) is 10.1 Å². The fourth-order valence-corrected chi connectivity index (χ4v) is 0.497. The second kappa shape index (κ2) is 2.21. The van der Waals surface area contributed by atoms with Crippen molar-refractivity contribution in [2.75, 3.05) is 0 Å². The molecule has 1 N–H and O–H groups in total. The Hall–Kier alpha value is -1.45. The van der Waals surface area contributed by atoms with E-state index in [1.165, 1.54) is 12.3 Å². The van der Waals surface area contributed by atoms with E-state index in [2.05, 4.69) is 4.98 Å². The highest BCUT2D eigenvalue weighted by Gasteiger charge is 2.09. The summed E-state index contributed by atoms with van der Waals surface area (Å²) in [6.45, 7) is 0. The summed E-state index contributed by atoms with van der Waals surface area (Å²) in [6, 6.07) is 4.70. The molecular formula is C5H5N2O2+. The summed E-state index contributed by atoms with van der Waals surface area (Å²) in [5.41, 5.74) is 0. The number of nitrogens with zero attached hydrogens (tertiary/aromatic N) is 1. The quantitative estimate of drug-likeness (QED) is 0.403. The summed E-state index contributed by atoms with van der Waals surface area (Å²) in [4.78, 5) is 12.0. The van der Waals surface area contributed by atoms with Gasteiger partial charge in [0.15, 0.2) is 6.20 Å². The third-order valence-corrected chi connectivity index (χ3v) is 0.889. The van der Waals surface area contributed by atoms with E-state index in [4.69, 9.17) is 0 Å². The topological polar surface area (TPSA) is 57.3 Å². The molecule has 0 aliphatic rings. The van der Waals surface area contributed by atoms with E-state index in [1.807, 2.05) is 0 Å². The number of hydrogen-bond donors (Lipinski definition) is 0. The Morgan fingerprint density at radius 3 is 2.67 bits per heavy atom. The normalized spacial score (nSPS) is 8.89. The average molecular weight is 125 g/mol. The van der Waals surface area contributed by atoms with Crippen LogP contribution in [0.15, 0.2) is 24.4 Å². The van der Waals surface area contributed by atoms with Crippen LogP contribution in [0.25, 0.3) is 0 Å². The number of pyridine rings is 1. The lowest BCUT2D eigenvalue weighted by Crippen LogP contribution is -2.07. The Morgan fingerprint density at radius 2 is 2.33 bits per heavy atom. The van der Waals surface area contributed by atoms with Gasteiger partial charge in [0.2, 0.25) is 0 Å². The monoisotopic (exact) mass is 125 g/mol. The molecule has 0 saturated heterocycles. The van der Waals surface area contributed by atoms with Crippen LogP contribution in [0.4, 0.5) is 5.82 Å². The first-order chi connectivity index (χ1) is 4.30. The number of nitro groups is 1. The Bertz CT molecular complexity index is 209. The van der Waals surface area contributed by atoms with Crippen LogP contribution in [0.2, 0.25) is 0 Å². The van der Waals surface area contributed by atoms with E-state index in [-0.39, 0.29) is 5.82 Å².